The predicted molar refractivity (Wildman–Crippen MR) is 140 cm³/mol. The lowest BCUT2D eigenvalue weighted by Gasteiger charge is -2.41. The molecule has 180 valence electrons. The first-order valence-corrected chi connectivity index (χ1v) is 13.7. The van der Waals surface area contributed by atoms with Crippen molar-refractivity contribution in [1.82, 2.24) is 19.9 Å². The van der Waals surface area contributed by atoms with E-state index in [4.69, 9.17) is 0 Å². The van der Waals surface area contributed by atoms with Crippen molar-refractivity contribution in [3.8, 4) is 11.4 Å². The fourth-order valence-corrected chi connectivity index (χ4v) is 5.66. The molecule has 0 unspecified atom stereocenters. The molecule has 0 aliphatic carbocycles. The van der Waals surface area contributed by atoms with Crippen molar-refractivity contribution >= 4 is 37.9 Å². The second-order valence-corrected chi connectivity index (χ2v) is 11.6. The average Bonchev–Trinajstić information content (AvgIpc) is 2.80. The van der Waals surface area contributed by atoms with Crippen LogP contribution in [0.5, 0.6) is 0 Å². The molecule has 0 amide bonds. The van der Waals surface area contributed by atoms with Gasteiger partial charge in [-0.25, -0.2) is 23.4 Å². The number of benzene rings is 1. The Kier molecular flexibility index (Phi) is 6.10. The highest BCUT2D eigenvalue weighted by Crippen LogP contribution is 2.37. The Bertz CT molecular complexity index is 1470. The molecule has 4 heterocycles. The first-order valence-electron chi connectivity index (χ1n) is 11.6. The smallest absolute Gasteiger partial charge is 0.163 e. The molecule has 0 bridgehead atoms. The molecule has 5 rings (SSSR count). The molecule has 0 atom stereocenters. The summed E-state index contributed by atoms with van der Waals surface area (Å²) in [6.45, 7) is 5.83. The third kappa shape index (κ3) is 5.09. The molecule has 1 aliphatic heterocycles. The summed E-state index contributed by atoms with van der Waals surface area (Å²) in [5, 5.41) is 5.51. The molecule has 9 heteroatoms. The van der Waals surface area contributed by atoms with Crippen molar-refractivity contribution in [3.63, 3.8) is 0 Å². The summed E-state index contributed by atoms with van der Waals surface area (Å²) in [6.07, 6.45) is 8.37. The molecular formula is C26H28N6O2S. The van der Waals surface area contributed by atoms with Gasteiger partial charge in [-0.05, 0) is 47.2 Å². The third-order valence-corrected chi connectivity index (χ3v) is 7.28. The zero-order valence-corrected chi connectivity index (χ0v) is 20.8. The van der Waals surface area contributed by atoms with Gasteiger partial charge < -0.3 is 10.2 Å². The summed E-state index contributed by atoms with van der Waals surface area (Å²) in [6, 6.07) is 12.0. The normalized spacial score (nSPS) is 14.3. The van der Waals surface area contributed by atoms with E-state index in [1.54, 1.807) is 18.6 Å². The Hall–Kier alpha value is -3.59. The Morgan fingerprint density at radius 2 is 1.86 bits per heavy atom. The first kappa shape index (κ1) is 23.2. The third-order valence-electron chi connectivity index (χ3n) is 6.20. The van der Waals surface area contributed by atoms with Crippen LogP contribution in [0.1, 0.15) is 25.3 Å². The van der Waals surface area contributed by atoms with Crippen LogP contribution in [-0.2, 0) is 9.84 Å². The van der Waals surface area contributed by atoms with Crippen molar-refractivity contribution in [3.05, 3.63) is 66.7 Å². The van der Waals surface area contributed by atoms with Gasteiger partial charge in [0.05, 0.1) is 5.75 Å². The van der Waals surface area contributed by atoms with E-state index in [9.17, 15) is 8.42 Å². The molecule has 1 aliphatic rings. The van der Waals surface area contributed by atoms with E-state index in [1.165, 1.54) is 11.8 Å². The number of hydrogen-bond donors (Lipinski definition) is 1. The number of fused-ring (bicyclic) bond motifs is 1. The monoisotopic (exact) mass is 488 g/mol. The topological polar surface area (TPSA) is 101 Å². The van der Waals surface area contributed by atoms with Crippen LogP contribution in [0.4, 0.5) is 17.3 Å². The van der Waals surface area contributed by atoms with E-state index in [0.29, 0.717) is 23.4 Å². The van der Waals surface area contributed by atoms with E-state index < -0.39 is 9.84 Å². The standard InChI is InChI=1S/C26H28N6O2S/c1-17(2)20-6-7-23(32-14-18(15-32)16-35(3,33)34)22-13-29-25(11-21(20)22)30-24-8-10-28-26(31-24)19-5-4-9-27-12-19/h4-13,17-18H,14-16H2,1-3H3,(H,28,29,30,31). The number of hydrogen-bond acceptors (Lipinski definition) is 8. The van der Waals surface area contributed by atoms with Gasteiger partial charge in [0.25, 0.3) is 0 Å². The number of rotatable bonds is 7. The summed E-state index contributed by atoms with van der Waals surface area (Å²) in [7, 11) is -2.97. The Morgan fingerprint density at radius 1 is 1.03 bits per heavy atom. The minimum absolute atomic E-state index is 0.172. The number of pyridine rings is 2. The van der Waals surface area contributed by atoms with Crippen LogP contribution in [-0.4, -0.2) is 53.5 Å². The van der Waals surface area contributed by atoms with Crippen LogP contribution >= 0.6 is 0 Å². The van der Waals surface area contributed by atoms with Gasteiger partial charge >= 0.3 is 0 Å². The summed E-state index contributed by atoms with van der Waals surface area (Å²) in [4.78, 5) is 20.0. The van der Waals surface area contributed by atoms with Crippen molar-refractivity contribution in [2.45, 2.75) is 19.8 Å². The number of nitrogens with zero attached hydrogens (tertiary/aromatic N) is 5. The summed E-state index contributed by atoms with van der Waals surface area (Å²) in [5.41, 5.74) is 3.17. The van der Waals surface area contributed by atoms with Gasteiger partial charge in [-0.3, -0.25) is 4.98 Å². The van der Waals surface area contributed by atoms with Crippen LogP contribution in [0, 0.1) is 5.92 Å². The molecule has 1 fully saturated rings. The van der Waals surface area contributed by atoms with E-state index >= 15 is 0 Å². The van der Waals surface area contributed by atoms with E-state index in [2.05, 4.69) is 62.2 Å². The molecule has 35 heavy (non-hydrogen) atoms. The van der Waals surface area contributed by atoms with Crippen LogP contribution < -0.4 is 10.2 Å². The maximum atomic E-state index is 11.7. The summed E-state index contributed by atoms with van der Waals surface area (Å²) >= 11 is 0. The second kappa shape index (κ2) is 9.22. The van der Waals surface area contributed by atoms with Gasteiger partial charge in [-0.2, -0.15) is 0 Å². The second-order valence-electron chi connectivity index (χ2n) is 9.44. The van der Waals surface area contributed by atoms with E-state index in [-0.39, 0.29) is 11.7 Å². The number of anilines is 3. The lowest BCUT2D eigenvalue weighted by molar-refractivity contribution is 0.445. The molecule has 0 radical (unpaired) electrons. The van der Waals surface area contributed by atoms with Gasteiger partial charge in [0, 0.05) is 66.7 Å². The zero-order valence-electron chi connectivity index (χ0n) is 20.0. The number of sulfone groups is 1. The quantitative estimate of drug-likeness (QED) is 0.408. The maximum absolute atomic E-state index is 11.7. The SMILES string of the molecule is CC(C)c1ccc(N2CC(CS(C)(=O)=O)C2)c2cnc(Nc3ccnc(-c4cccnc4)n3)cc12. The summed E-state index contributed by atoms with van der Waals surface area (Å²) < 4.78 is 23.3. The average molecular weight is 489 g/mol. The van der Waals surface area contributed by atoms with Crippen LogP contribution in [0.2, 0.25) is 0 Å². The van der Waals surface area contributed by atoms with Crippen LogP contribution in [0.15, 0.2) is 61.2 Å². The Balaban J connectivity index is 1.44. The minimum atomic E-state index is -2.97. The largest absolute Gasteiger partial charge is 0.370 e. The van der Waals surface area contributed by atoms with Crippen molar-refractivity contribution in [2.24, 2.45) is 5.92 Å². The Labute approximate surface area is 205 Å². The fraction of sp³-hybridized carbons (Fsp3) is 0.308. The lowest BCUT2D eigenvalue weighted by atomic mass is 9.93. The van der Waals surface area contributed by atoms with Crippen LogP contribution in [0.25, 0.3) is 22.2 Å². The van der Waals surface area contributed by atoms with Crippen molar-refractivity contribution < 1.29 is 8.42 Å². The lowest BCUT2D eigenvalue weighted by Crippen LogP contribution is -2.49. The Morgan fingerprint density at radius 3 is 2.57 bits per heavy atom. The van der Waals surface area contributed by atoms with Gasteiger partial charge in [0.2, 0.25) is 0 Å². The van der Waals surface area contributed by atoms with Crippen molar-refractivity contribution in [2.75, 3.05) is 35.3 Å². The molecule has 8 nitrogen and oxygen atoms in total. The van der Waals surface area contributed by atoms with Crippen molar-refractivity contribution in [1.29, 1.82) is 0 Å². The molecule has 1 saturated heterocycles. The molecule has 3 aromatic heterocycles. The van der Waals surface area contributed by atoms with Gasteiger partial charge in [0.1, 0.15) is 21.5 Å². The summed E-state index contributed by atoms with van der Waals surface area (Å²) in [5.74, 6) is 2.69. The molecule has 4 aromatic rings. The van der Waals surface area contributed by atoms with Crippen LogP contribution in [0.3, 0.4) is 0 Å². The number of aromatic nitrogens is 4. The predicted octanol–water partition coefficient (Wildman–Crippen LogP) is 4.43. The van der Waals surface area contributed by atoms with Gasteiger partial charge in [0.15, 0.2) is 5.82 Å². The first-order chi connectivity index (χ1) is 16.8. The maximum Gasteiger partial charge on any atom is 0.163 e. The van der Waals surface area contributed by atoms with Gasteiger partial charge in [-0.15, -0.1) is 0 Å². The van der Waals surface area contributed by atoms with Gasteiger partial charge in [-0.1, -0.05) is 19.9 Å². The van der Waals surface area contributed by atoms with E-state index in [0.717, 1.165) is 35.1 Å². The zero-order chi connectivity index (χ0) is 24.6. The minimum Gasteiger partial charge on any atom is -0.370 e. The fourth-order valence-electron chi connectivity index (χ4n) is 4.59. The van der Waals surface area contributed by atoms with E-state index in [1.807, 2.05) is 24.4 Å². The highest BCUT2D eigenvalue weighted by Gasteiger charge is 2.31. The molecule has 1 N–H and O–H groups in total. The molecule has 1 aromatic carbocycles. The molecule has 0 saturated carbocycles. The molecule has 0 spiro atoms. The highest BCUT2D eigenvalue weighted by molar-refractivity contribution is 7.90. The highest BCUT2D eigenvalue weighted by atomic mass is 32.2. The number of nitrogens with one attached hydrogen (secondary N) is 1. The molecular weight excluding hydrogens is 460 g/mol.